The third-order valence-corrected chi connectivity index (χ3v) is 9.35. The smallest absolute Gasteiger partial charge is 0.0787 e. The van der Waals surface area contributed by atoms with Crippen molar-refractivity contribution in [3.05, 3.63) is 0 Å². The first-order valence-corrected chi connectivity index (χ1v) is 16.0. The van der Waals surface area contributed by atoms with E-state index >= 15 is 0 Å². The molecular weight excluding hydrogens is 408 g/mol. The van der Waals surface area contributed by atoms with E-state index in [1.165, 1.54) is 24.2 Å². The zero-order valence-electron chi connectivity index (χ0n) is 22.4. The second-order valence-electron chi connectivity index (χ2n) is 12.5. The molecule has 0 aromatic carbocycles. The lowest BCUT2D eigenvalue weighted by Crippen LogP contribution is -2.34. The number of hydrogen-bond donors (Lipinski definition) is 0. The zero-order valence-corrected chi connectivity index (χ0v) is 25.3. The minimum Gasteiger partial charge on any atom is -0.373 e. The maximum Gasteiger partial charge on any atom is 0.0787 e. The third-order valence-electron chi connectivity index (χ3n) is 4.25. The molecule has 0 aromatic heterocycles. The molecule has 30 heavy (non-hydrogen) atoms. The van der Waals surface area contributed by atoms with E-state index in [0.717, 1.165) is 0 Å². The molecule has 0 aromatic rings. The molecule has 0 saturated heterocycles. The normalized spacial score (nSPS) is 16.8. The summed E-state index contributed by atoms with van der Waals surface area (Å²) in [5.74, 6) is 0. The molecule has 0 amide bonds. The van der Waals surface area contributed by atoms with E-state index in [2.05, 4.69) is 83.1 Å². The second kappa shape index (κ2) is 13.1. The van der Waals surface area contributed by atoms with Crippen molar-refractivity contribution >= 4 is 19.0 Å². The first-order chi connectivity index (χ1) is 13.4. The predicted octanol–water partition coefficient (Wildman–Crippen LogP) is 4.99. The summed E-state index contributed by atoms with van der Waals surface area (Å²) >= 11 is 0. The quantitative estimate of drug-likeness (QED) is 0.285. The second-order valence-corrected chi connectivity index (χ2v) is 16.5. The minimum absolute atomic E-state index is 0.106. The summed E-state index contributed by atoms with van der Waals surface area (Å²) in [6.07, 6.45) is 0.462. The monoisotopic (exact) mass is 462 g/mol. The van der Waals surface area contributed by atoms with Crippen LogP contribution < -0.4 is 0 Å². The lowest BCUT2D eigenvalue weighted by atomic mass is 10.2. The first kappa shape index (κ1) is 30.3. The van der Waals surface area contributed by atoms with E-state index in [1.54, 1.807) is 0 Å². The highest BCUT2D eigenvalue weighted by atomic mass is 28.2. The molecule has 2 unspecified atom stereocenters. The number of hydrogen-bond acceptors (Lipinski definition) is 4. The molecule has 6 heteroatoms. The summed E-state index contributed by atoms with van der Waals surface area (Å²) < 4.78 is 24.6. The van der Waals surface area contributed by atoms with Gasteiger partial charge in [0.25, 0.3) is 0 Å². The maximum absolute atomic E-state index is 6.28. The summed E-state index contributed by atoms with van der Waals surface area (Å²) in [5.41, 5.74) is -0.435. The first-order valence-electron chi connectivity index (χ1n) is 12.0. The van der Waals surface area contributed by atoms with E-state index in [4.69, 9.17) is 18.9 Å². The molecule has 0 N–H and O–H groups in total. The van der Waals surface area contributed by atoms with Crippen LogP contribution in [0.15, 0.2) is 0 Å². The summed E-state index contributed by atoms with van der Waals surface area (Å²) in [6.45, 7) is 26.9. The Morgan fingerprint density at radius 1 is 0.500 bits per heavy atom. The van der Waals surface area contributed by atoms with Crippen LogP contribution in [0.5, 0.6) is 0 Å². The summed E-state index contributed by atoms with van der Waals surface area (Å²) in [7, 11) is -0.248. The van der Waals surface area contributed by atoms with E-state index < -0.39 is 0 Å². The van der Waals surface area contributed by atoms with Crippen LogP contribution in [-0.2, 0) is 18.9 Å². The van der Waals surface area contributed by atoms with Gasteiger partial charge in [-0.25, -0.2) is 0 Å². The van der Waals surface area contributed by atoms with Gasteiger partial charge in [-0.05, 0) is 95.2 Å². The van der Waals surface area contributed by atoms with Crippen molar-refractivity contribution in [3.8, 4) is 0 Å². The average molecular weight is 463 g/mol. The summed E-state index contributed by atoms with van der Waals surface area (Å²) in [4.78, 5) is 0. The Morgan fingerprint density at radius 3 is 1.03 bits per heavy atom. The predicted molar refractivity (Wildman–Crippen MR) is 137 cm³/mol. The average Bonchev–Trinajstić information content (AvgIpc) is 2.49. The lowest BCUT2D eigenvalue weighted by Gasteiger charge is -2.30. The lowest BCUT2D eigenvalue weighted by molar-refractivity contribution is -0.112. The van der Waals surface area contributed by atoms with Gasteiger partial charge in [0, 0.05) is 19.0 Å². The van der Waals surface area contributed by atoms with Gasteiger partial charge in [-0.15, -0.1) is 0 Å². The molecule has 4 nitrogen and oxygen atoms in total. The van der Waals surface area contributed by atoms with Gasteiger partial charge >= 0.3 is 0 Å². The zero-order chi connectivity index (χ0) is 23.6. The van der Waals surface area contributed by atoms with E-state index in [-0.39, 0.29) is 53.7 Å². The fraction of sp³-hybridized carbons (Fsp3) is 1.00. The fourth-order valence-corrected chi connectivity index (χ4v) is 8.02. The minimum atomic E-state index is -0.124. The Kier molecular flexibility index (Phi) is 13.2. The molecule has 0 aliphatic heterocycles. The van der Waals surface area contributed by atoms with E-state index in [1.807, 2.05) is 0 Å². The maximum atomic E-state index is 6.28. The molecule has 0 fully saturated rings. The van der Waals surface area contributed by atoms with Gasteiger partial charge in [0.05, 0.1) is 47.8 Å². The molecule has 0 rings (SSSR count). The van der Waals surface area contributed by atoms with Crippen molar-refractivity contribution in [2.24, 2.45) is 0 Å². The molecule has 0 spiro atoms. The van der Waals surface area contributed by atoms with Crippen molar-refractivity contribution in [2.45, 2.75) is 142 Å². The molecule has 182 valence electrons. The molecular formula is C24H54O4Si2. The molecule has 0 saturated carbocycles. The van der Waals surface area contributed by atoms with Gasteiger partial charge < -0.3 is 18.9 Å². The largest absolute Gasteiger partial charge is 0.373 e. The van der Waals surface area contributed by atoms with Crippen molar-refractivity contribution in [1.82, 2.24) is 0 Å². The highest BCUT2D eigenvalue weighted by molar-refractivity contribution is 6.42. The van der Waals surface area contributed by atoms with E-state index in [9.17, 15) is 0 Å². The van der Waals surface area contributed by atoms with Gasteiger partial charge in [0.15, 0.2) is 0 Å². The van der Waals surface area contributed by atoms with Crippen molar-refractivity contribution in [2.75, 3.05) is 13.2 Å². The SMILES string of the molecule is CC(C)(C)OCC(C[SiH2]CC[SiH2]CC(COC(C)(C)C)OC(C)(C)C)OC(C)(C)C. The molecule has 0 radical (unpaired) electrons. The summed E-state index contributed by atoms with van der Waals surface area (Å²) in [6, 6.07) is 5.23. The standard InChI is InChI=1S/C24H54O4Si2/c1-21(2,3)25-15-19(27-23(7,8)9)17-29-13-14-30-18-20(28-24(10,11)12)16-26-22(4,5)6/h19-20H,13-18,29-30H2,1-12H3. The van der Waals surface area contributed by atoms with Crippen LogP contribution in [0.4, 0.5) is 0 Å². The molecule has 0 bridgehead atoms. The number of rotatable bonds is 13. The summed E-state index contributed by atoms with van der Waals surface area (Å²) in [5, 5.41) is 0. The van der Waals surface area contributed by atoms with Crippen LogP contribution >= 0.6 is 0 Å². The van der Waals surface area contributed by atoms with Crippen LogP contribution in [0.25, 0.3) is 0 Å². The Balaban J connectivity index is 4.35. The van der Waals surface area contributed by atoms with Gasteiger partial charge in [-0.1, -0.05) is 12.1 Å². The van der Waals surface area contributed by atoms with Gasteiger partial charge in [0.2, 0.25) is 0 Å². The van der Waals surface area contributed by atoms with Crippen LogP contribution in [0.3, 0.4) is 0 Å². The Hall–Kier alpha value is 0.274. The Labute approximate surface area is 193 Å². The third kappa shape index (κ3) is 21.5. The molecule has 0 heterocycles. The van der Waals surface area contributed by atoms with Crippen LogP contribution in [0.1, 0.15) is 83.1 Å². The van der Waals surface area contributed by atoms with E-state index in [0.29, 0.717) is 13.2 Å². The van der Waals surface area contributed by atoms with Crippen molar-refractivity contribution in [3.63, 3.8) is 0 Å². The van der Waals surface area contributed by atoms with Crippen LogP contribution in [0, 0.1) is 0 Å². The van der Waals surface area contributed by atoms with Crippen LogP contribution in [0.2, 0.25) is 24.2 Å². The fourth-order valence-electron chi connectivity index (χ4n) is 3.14. The molecule has 0 aliphatic carbocycles. The van der Waals surface area contributed by atoms with Crippen molar-refractivity contribution < 1.29 is 18.9 Å². The van der Waals surface area contributed by atoms with Gasteiger partial charge in [-0.3, -0.25) is 0 Å². The topological polar surface area (TPSA) is 36.9 Å². The highest BCUT2D eigenvalue weighted by Gasteiger charge is 2.23. The Morgan fingerprint density at radius 2 is 0.800 bits per heavy atom. The van der Waals surface area contributed by atoms with Gasteiger partial charge in [-0.2, -0.15) is 0 Å². The molecule has 2 atom stereocenters. The number of ether oxygens (including phenoxy) is 4. The van der Waals surface area contributed by atoms with Crippen molar-refractivity contribution in [1.29, 1.82) is 0 Å². The van der Waals surface area contributed by atoms with Gasteiger partial charge in [0.1, 0.15) is 0 Å². The van der Waals surface area contributed by atoms with Crippen LogP contribution in [-0.4, -0.2) is 66.9 Å². The molecule has 0 aliphatic rings. The highest BCUT2D eigenvalue weighted by Crippen LogP contribution is 2.19. The Bertz CT molecular complexity index is 400.